The highest BCUT2D eigenvalue weighted by Gasteiger charge is 2.58. The van der Waals surface area contributed by atoms with Crippen molar-refractivity contribution in [1.29, 1.82) is 0 Å². The van der Waals surface area contributed by atoms with Crippen LogP contribution in [0.3, 0.4) is 0 Å². The molecule has 96 valence electrons. The molecule has 2 fully saturated rings. The highest BCUT2D eigenvalue weighted by molar-refractivity contribution is 6.06. The van der Waals surface area contributed by atoms with Crippen molar-refractivity contribution >= 4 is 17.8 Å². The predicted molar refractivity (Wildman–Crippen MR) is 61.3 cm³/mol. The molecule has 3 rings (SSSR count). The number of nitrogens with zero attached hydrogens (tertiary/aromatic N) is 1. The Morgan fingerprint density at radius 1 is 1.22 bits per heavy atom. The number of hydrogen-bond donors (Lipinski definition) is 1. The lowest BCUT2D eigenvalue weighted by molar-refractivity contribution is -0.142. The fraction of sp³-hybridized carbons (Fsp3) is 0.615. The van der Waals surface area contributed by atoms with E-state index in [9.17, 15) is 14.4 Å². The molecule has 3 aliphatic rings. The number of hydrogen-bond acceptors (Lipinski definition) is 3. The lowest BCUT2D eigenvalue weighted by Gasteiger charge is -2.16. The number of carbonyl (C=O) groups is 3. The monoisotopic (exact) mass is 249 g/mol. The quantitative estimate of drug-likeness (QED) is 0.586. The third-order valence-corrected chi connectivity index (χ3v) is 4.33. The average molecular weight is 249 g/mol. The molecule has 1 heterocycles. The number of imide groups is 1. The number of carboxylic acid groups (broad SMARTS) is 1. The molecule has 5 nitrogen and oxygen atoms in total. The summed E-state index contributed by atoms with van der Waals surface area (Å²) in [6.07, 6.45) is 5.37. The van der Waals surface area contributed by atoms with E-state index in [1.807, 2.05) is 0 Å². The van der Waals surface area contributed by atoms with Crippen molar-refractivity contribution in [2.24, 2.45) is 23.7 Å². The smallest absolute Gasteiger partial charge is 0.303 e. The second-order valence-electron chi connectivity index (χ2n) is 5.33. The van der Waals surface area contributed by atoms with Gasteiger partial charge in [0.15, 0.2) is 0 Å². The number of likely N-dealkylation sites (tertiary alicyclic amines) is 1. The lowest BCUT2D eigenvalue weighted by atomic mass is 9.85. The van der Waals surface area contributed by atoms with Gasteiger partial charge in [0, 0.05) is 13.0 Å². The van der Waals surface area contributed by atoms with Crippen molar-refractivity contribution in [1.82, 2.24) is 4.90 Å². The number of allylic oxidation sites excluding steroid dienone is 2. The van der Waals surface area contributed by atoms with Gasteiger partial charge in [-0.25, -0.2) is 0 Å². The summed E-state index contributed by atoms with van der Waals surface area (Å²) in [5, 5.41) is 8.58. The van der Waals surface area contributed by atoms with Gasteiger partial charge in [-0.3, -0.25) is 19.3 Å². The Balaban J connectivity index is 1.70. The van der Waals surface area contributed by atoms with Gasteiger partial charge in [-0.15, -0.1) is 0 Å². The summed E-state index contributed by atoms with van der Waals surface area (Å²) in [7, 11) is 0. The van der Waals surface area contributed by atoms with Crippen LogP contribution in [0.25, 0.3) is 0 Å². The average Bonchev–Trinajstić information content (AvgIpc) is 2.97. The molecule has 2 aliphatic carbocycles. The number of rotatable bonds is 4. The maximum Gasteiger partial charge on any atom is 0.303 e. The predicted octanol–water partition coefficient (Wildman–Crippen LogP) is 0.658. The topological polar surface area (TPSA) is 74.7 Å². The molecule has 5 heteroatoms. The molecule has 0 aromatic carbocycles. The second-order valence-corrected chi connectivity index (χ2v) is 5.33. The van der Waals surface area contributed by atoms with Crippen LogP contribution >= 0.6 is 0 Å². The van der Waals surface area contributed by atoms with Gasteiger partial charge in [0.05, 0.1) is 11.8 Å². The summed E-state index contributed by atoms with van der Waals surface area (Å²) >= 11 is 0. The van der Waals surface area contributed by atoms with Crippen LogP contribution in [-0.2, 0) is 14.4 Å². The van der Waals surface area contributed by atoms with Crippen LogP contribution in [0.1, 0.15) is 19.3 Å². The van der Waals surface area contributed by atoms with Gasteiger partial charge < -0.3 is 5.11 Å². The van der Waals surface area contributed by atoms with E-state index in [0.717, 1.165) is 6.42 Å². The molecule has 0 spiro atoms. The fourth-order valence-electron chi connectivity index (χ4n) is 3.57. The molecule has 1 aliphatic heterocycles. The number of aliphatic carboxylic acids is 1. The Morgan fingerprint density at radius 3 is 2.28 bits per heavy atom. The van der Waals surface area contributed by atoms with Gasteiger partial charge in [-0.05, 0) is 24.7 Å². The standard InChI is InChI=1S/C13H15NO4/c15-9(16)2-1-5-14-12(17)10-7-3-4-8(6-7)11(10)13(14)18/h3-4,7-8,10-11H,1-2,5-6H2,(H,15,16)/t7-,8-,10-,11-/m0/s1. The summed E-state index contributed by atoms with van der Waals surface area (Å²) < 4.78 is 0. The normalized spacial score (nSPS) is 36.6. The van der Waals surface area contributed by atoms with Gasteiger partial charge in [0.25, 0.3) is 0 Å². The van der Waals surface area contributed by atoms with Crippen LogP contribution < -0.4 is 0 Å². The van der Waals surface area contributed by atoms with Crippen LogP contribution in [0.4, 0.5) is 0 Å². The molecule has 0 unspecified atom stereocenters. The zero-order valence-corrected chi connectivity index (χ0v) is 9.91. The maximum atomic E-state index is 12.2. The van der Waals surface area contributed by atoms with E-state index < -0.39 is 5.97 Å². The minimum atomic E-state index is -0.893. The first-order valence-corrected chi connectivity index (χ1v) is 6.35. The number of carboxylic acids is 1. The Labute approximate surface area is 104 Å². The van der Waals surface area contributed by atoms with Crippen LogP contribution in [0.5, 0.6) is 0 Å². The summed E-state index contributed by atoms with van der Waals surface area (Å²) in [5.41, 5.74) is 0. The largest absolute Gasteiger partial charge is 0.481 e. The summed E-state index contributed by atoms with van der Waals surface area (Å²) in [6.45, 7) is 0.246. The first-order chi connectivity index (χ1) is 8.59. The molecule has 1 saturated carbocycles. The third-order valence-electron chi connectivity index (χ3n) is 4.33. The zero-order chi connectivity index (χ0) is 12.9. The van der Waals surface area contributed by atoms with Crippen LogP contribution in [0.15, 0.2) is 12.2 Å². The maximum absolute atomic E-state index is 12.2. The van der Waals surface area contributed by atoms with E-state index in [2.05, 4.69) is 12.2 Å². The van der Waals surface area contributed by atoms with E-state index >= 15 is 0 Å². The van der Waals surface area contributed by atoms with E-state index in [1.54, 1.807) is 0 Å². The molecule has 1 saturated heterocycles. The van der Waals surface area contributed by atoms with Gasteiger partial charge in [0.2, 0.25) is 11.8 Å². The molecule has 18 heavy (non-hydrogen) atoms. The van der Waals surface area contributed by atoms with Crippen molar-refractivity contribution in [2.45, 2.75) is 19.3 Å². The second kappa shape index (κ2) is 3.93. The number of amides is 2. The van der Waals surface area contributed by atoms with Crippen molar-refractivity contribution in [3.05, 3.63) is 12.2 Å². The number of carbonyl (C=O) groups excluding carboxylic acids is 2. The van der Waals surface area contributed by atoms with Gasteiger partial charge in [-0.2, -0.15) is 0 Å². The highest BCUT2D eigenvalue weighted by atomic mass is 16.4. The van der Waals surface area contributed by atoms with Crippen molar-refractivity contribution in [3.8, 4) is 0 Å². The zero-order valence-electron chi connectivity index (χ0n) is 9.91. The molecule has 0 aromatic heterocycles. The molecule has 0 radical (unpaired) electrons. The SMILES string of the molecule is O=C(O)CCCN1C(=O)[C@@H]2[C@@H](C1=O)[C@H]1C=C[C@H]2C1. The van der Waals surface area contributed by atoms with Crippen molar-refractivity contribution in [2.75, 3.05) is 6.54 Å². The Kier molecular flexibility index (Phi) is 2.50. The van der Waals surface area contributed by atoms with Crippen LogP contribution in [-0.4, -0.2) is 34.3 Å². The van der Waals surface area contributed by atoms with E-state index in [4.69, 9.17) is 5.11 Å². The first-order valence-electron chi connectivity index (χ1n) is 6.35. The molecule has 4 atom stereocenters. The highest BCUT2D eigenvalue weighted by Crippen LogP contribution is 2.52. The summed E-state index contributed by atoms with van der Waals surface area (Å²) in [6, 6.07) is 0. The molecule has 0 aromatic rings. The number of fused-ring (bicyclic) bond motifs is 5. The summed E-state index contributed by atoms with van der Waals surface area (Å²) in [5.74, 6) is -0.966. The van der Waals surface area contributed by atoms with Gasteiger partial charge in [-0.1, -0.05) is 12.2 Å². The van der Waals surface area contributed by atoms with Gasteiger partial charge >= 0.3 is 5.97 Å². The van der Waals surface area contributed by atoms with E-state index in [-0.39, 0.29) is 48.5 Å². The Hall–Kier alpha value is -1.65. The Morgan fingerprint density at radius 2 is 1.78 bits per heavy atom. The van der Waals surface area contributed by atoms with Crippen LogP contribution in [0.2, 0.25) is 0 Å². The molecule has 2 bridgehead atoms. The first kappa shape index (κ1) is 11.4. The van der Waals surface area contributed by atoms with E-state index in [0.29, 0.717) is 6.42 Å². The Bertz CT molecular complexity index is 426. The lowest BCUT2D eigenvalue weighted by Crippen LogP contribution is -2.34. The van der Waals surface area contributed by atoms with Gasteiger partial charge in [0.1, 0.15) is 0 Å². The minimum Gasteiger partial charge on any atom is -0.481 e. The van der Waals surface area contributed by atoms with Crippen molar-refractivity contribution in [3.63, 3.8) is 0 Å². The fourth-order valence-corrected chi connectivity index (χ4v) is 3.57. The molecular formula is C13H15NO4. The minimum absolute atomic E-state index is 0.00248. The van der Waals surface area contributed by atoms with Crippen LogP contribution in [0, 0.1) is 23.7 Å². The third kappa shape index (κ3) is 1.50. The molecular weight excluding hydrogens is 234 g/mol. The van der Waals surface area contributed by atoms with E-state index in [1.165, 1.54) is 4.90 Å². The molecule has 1 N–H and O–H groups in total. The van der Waals surface area contributed by atoms with Crippen molar-refractivity contribution < 1.29 is 19.5 Å². The summed E-state index contributed by atoms with van der Waals surface area (Å²) in [4.78, 5) is 36.1. The molecule has 2 amide bonds.